The van der Waals surface area contributed by atoms with Crippen molar-refractivity contribution in [3.8, 4) is 0 Å². The highest BCUT2D eigenvalue weighted by molar-refractivity contribution is 6.04. The van der Waals surface area contributed by atoms with Crippen LogP contribution in [-0.4, -0.2) is 47.0 Å². The van der Waals surface area contributed by atoms with E-state index in [-0.39, 0.29) is 17.2 Å². The SMILES string of the molecule is CCCn1nc(C(=O)NCc2ccc(N3CCOCC3)nc2)c2ccccc2c1=O. The van der Waals surface area contributed by atoms with E-state index in [0.29, 0.717) is 37.1 Å². The monoisotopic (exact) mass is 407 g/mol. The highest BCUT2D eigenvalue weighted by Crippen LogP contribution is 2.15. The van der Waals surface area contributed by atoms with Crippen molar-refractivity contribution in [3.05, 3.63) is 64.2 Å². The van der Waals surface area contributed by atoms with Crippen LogP contribution in [0.4, 0.5) is 5.82 Å². The molecule has 0 atom stereocenters. The van der Waals surface area contributed by atoms with Gasteiger partial charge in [0.05, 0.1) is 18.6 Å². The van der Waals surface area contributed by atoms with Gasteiger partial charge in [-0.2, -0.15) is 5.10 Å². The summed E-state index contributed by atoms with van der Waals surface area (Å²) in [6.07, 6.45) is 2.53. The number of nitrogens with one attached hydrogen (secondary N) is 1. The third kappa shape index (κ3) is 4.18. The topological polar surface area (TPSA) is 89.3 Å². The van der Waals surface area contributed by atoms with Crippen LogP contribution in [0, 0.1) is 0 Å². The van der Waals surface area contributed by atoms with Gasteiger partial charge in [0.2, 0.25) is 0 Å². The van der Waals surface area contributed by atoms with Crippen molar-refractivity contribution in [3.63, 3.8) is 0 Å². The highest BCUT2D eigenvalue weighted by atomic mass is 16.5. The molecule has 0 radical (unpaired) electrons. The molecule has 156 valence electrons. The molecular formula is C22H25N5O3. The summed E-state index contributed by atoms with van der Waals surface area (Å²) in [5.41, 5.74) is 0.981. The number of pyridine rings is 1. The molecule has 1 amide bonds. The standard InChI is InChI=1S/C22H25N5O3/c1-2-9-27-22(29)18-6-4-3-5-17(18)20(25-27)21(28)24-15-16-7-8-19(23-14-16)26-10-12-30-13-11-26/h3-8,14H,2,9-13,15H2,1H3,(H,24,28). The summed E-state index contributed by atoms with van der Waals surface area (Å²) in [6, 6.07) is 11.0. The first-order valence-electron chi connectivity index (χ1n) is 10.2. The number of carbonyl (C=O) groups excluding carboxylic acids is 1. The Kier molecular flexibility index (Phi) is 6.04. The number of benzene rings is 1. The third-order valence-corrected chi connectivity index (χ3v) is 5.12. The van der Waals surface area contributed by atoms with E-state index >= 15 is 0 Å². The van der Waals surface area contributed by atoms with Crippen LogP contribution < -0.4 is 15.8 Å². The number of ether oxygens (including phenoxy) is 1. The number of fused-ring (bicyclic) bond motifs is 1. The molecular weight excluding hydrogens is 382 g/mol. The molecule has 8 heteroatoms. The van der Waals surface area contributed by atoms with Crippen LogP contribution in [0.5, 0.6) is 0 Å². The molecule has 0 aliphatic carbocycles. The van der Waals surface area contributed by atoms with E-state index in [1.54, 1.807) is 30.5 Å². The lowest BCUT2D eigenvalue weighted by molar-refractivity contribution is 0.0945. The predicted octanol–water partition coefficient (Wildman–Crippen LogP) is 1.97. The zero-order chi connectivity index (χ0) is 20.9. The Morgan fingerprint density at radius 1 is 1.13 bits per heavy atom. The predicted molar refractivity (Wildman–Crippen MR) is 115 cm³/mol. The molecule has 30 heavy (non-hydrogen) atoms. The largest absolute Gasteiger partial charge is 0.378 e. The van der Waals surface area contributed by atoms with Crippen molar-refractivity contribution in [2.75, 3.05) is 31.2 Å². The molecule has 1 aromatic carbocycles. The number of morpholine rings is 1. The highest BCUT2D eigenvalue weighted by Gasteiger charge is 2.17. The Balaban J connectivity index is 1.51. The normalized spacial score (nSPS) is 14.1. The van der Waals surface area contributed by atoms with Gasteiger partial charge < -0.3 is 15.0 Å². The molecule has 0 unspecified atom stereocenters. The molecule has 0 saturated carbocycles. The lowest BCUT2D eigenvalue weighted by Crippen LogP contribution is -2.36. The molecule has 1 fully saturated rings. The van der Waals surface area contributed by atoms with Crippen molar-refractivity contribution >= 4 is 22.5 Å². The smallest absolute Gasteiger partial charge is 0.274 e. The first kappa shape index (κ1) is 20.0. The van der Waals surface area contributed by atoms with E-state index in [1.165, 1.54) is 4.68 Å². The van der Waals surface area contributed by atoms with E-state index in [4.69, 9.17) is 4.74 Å². The molecule has 4 rings (SSSR count). The van der Waals surface area contributed by atoms with Gasteiger partial charge in [-0.25, -0.2) is 9.67 Å². The number of rotatable bonds is 6. The van der Waals surface area contributed by atoms with Gasteiger partial charge in [-0.05, 0) is 24.1 Å². The fraction of sp³-hybridized carbons (Fsp3) is 0.364. The molecule has 1 aliphatic rings. The van der Waals surface area contributed by atoms with Crippen LogP contribution in [0.1, 0.15) is 29.4 Å². The van der Waals surface area contributed by atoms with E-state index in [2.05, 4.69) is 20.3 Å². The Morgan fingerprint density at radius 3 is 2.60 bits per heavy atom. The summed E-state index contributed by atoms with van der Waals surface area (Å²) in [6.45, 7) is 5.84. The maximum Gasteiger partial charge on any atom is 0.274 e. The molecule has 1 N–H and O–H groups in total. The van der Waals surface area contributed by atoms with E-state index in [0.717, 1.165) is 30.9 Å². The summed E-state index contributed by atoms with van der Waals surface area (Å²) < 4.78 is 6.74. The second-order valence-electron chi connectivity index (χ2n) is 7.23. The average molecular weight is 407 g/mol. The fourth-order valence-electron chi connectivity index (χ4n) is 3.53. The molecule has 0 spiro atoms. The number of amides is 1. The minimum atomic E-state index is -0.312. The van der Waals surface area contributed by atoms with Gasteiger partial charge in [-0.1, -0.05) is 31.2 Å². The fourth-order valence-corrected chi connectivity index (χ4v) is 3.53. The van der Waals surface area contributed by atoms with Crippen molar-refractivity contribution in [2.24, 2.45) is 0 Å². The number of aryl methyl sites for hydroxylation is 1. The minimum absolute atomic E-state index is 0.174. The summed E-state index contributed by atoms with van der Waals surface area (Å²) in [4.78, 5) is 32.2. The second-order valence-corrected chi connectivity index (χ2v) is 7.23. The van der Waals surface area contributed by atoms with Crippen molar-refractivity contribution in [1.82, 2.24) is 20.1 Å². The van der Waals surface area contributed by atoms with Crippen LogP contribution in [0.25, 0.3) is 10.8 Å². The summed E-state index contributed by atoms with van der Waals surface area (Å²) >= 11 is 0. The molecule has 1 saturated heterocycles. The van der Waals surface area contributed by atoms with Crippen LogP contribution in [-0.2, 0) is 17.8 Å². The molecule has 1 aliphatic heterocycles. The van der Waals surface area contributed by atoms with Crippen LogP contribution in [0.3, 0.4) is 0 Å². The number of hydrogen-bond donors (Lipinski definition) is 1. The van der Waals surface area contributed by atoms with E-state index < -0.39 is 0 Å². The first-order valence-corrected chi connectivity index (χ1v) is 10.2. The van der Waals surface area contributed by atoms with Gasteiger partial charge in [0.25, 0.3) is 11.5 Å². The quantitative estimate of drug-likeness (QED) is 0.672. The van der Waals surface area contributed by atoms with Crippen LogP contribution in [0.15, 0.2) is 47.4 Å². The van der Waals surface area contributed by atoms with Crippen molar-refractivity contribution in [1.29, 1.82) is 0 Å². The van der Waals surface area contributed by atoms with E-state index in [9.17, 15) is 9.59 Å². The number of carbonyl (C=O) groups is 1. The lowest BCUT2D eigenvalue weighted by atomic mass is 10.1. The van der Waals surface area contributed by atoms with Gasteiger partial charge >= 0.3 is 0 Å². The summed E-state index contributed by atoms with van der Waals surface area (Å²) in [5.74, 6) is 0.598. The molecule has 3 heterocycles. The molecule has 8 nitrogen and oxygen atoms in total. The molecule has 0 bridgehead atoms. The number of anilines is 1. The number of nitrogens with zero attached hydrogens (tertiary/aromatic N) is 4. The van der Waals surface area contributed by atoms with Gasteiger partial charge in [0.15, 0.2) is 5.69 Å². The first-order chi connectivity index (χ1) is 14.7. The third-order valence-electron chi connectivity index (χ3n) is 5.12. The Morgan fingerprint density at radius 2 is 1.90 bits per heavy atom. The van der Waals surface area contributed by atoms with Crippen LogP contribution >= 0.6 is 0 Å². The van der Waals surface area contributed by atoms with Crippen molar-refractivity contribution < 1.29 is 9.53 Å². The average Bonchev–Trinajstić information content (AvgIpc) is 2.80. The minimum Gasteiger partial charge on any atom is -0.378 e. The maximum absolute atomic E-state index is 12.9. The van der Waals surface area contributed by atoms with Gasteiger partial charge in [-0.3, -0.25) is 9.59 Å². The number of aromatic nitrogens is 3. The van der Waals surface area contributed by atoms with Gasteiger partial charge in [-0.15, -0.1) is 0 Å². The molecule has 2 aromatic heterocycles. The summed E-state index contributed by atoms with van der Waals surface area (Å²) in [5, 5.41) is 8.31. The zero-order valence-electron chi connectivity index (χ0n) is 17.0. The van der Waals surface area contributed by atoms with Gasteiger partial charge in [0, 0.05) is 37.8 Å². The summed E-state index contributed by atoms with van der Waals surface area (Å²) in [7, 11) is 0. The Hall–Kier alpha value is -3.26. The zero-order valence-corrected chi connectivity index (χ0v) is 17.0. The number of hydrogen-bond acceptors (Lipinski definition) is 6. The second kappa shape index (κ2) is 9.04. The molecule has 3 aromatic rings. The van der Waals surface area contributed by atoms with Crippen LogP contribution in [0.2, 0.25) is 0 Å². The Labute approximate surface area is 174 Å². The Bertz CT molecular complexity index is 1090. The van der Waals surface area contributed by atoms with Crippen molar-refractivity contribution in [2.45, 2.75) is 26.4 Å². The maximum atomic E-state index is 12.9. The van der Waals surface area contributed by atoms with Gasteiger partial charge in [0.1, 0.15) is 5.82 Å². The lowest BCUT2D eigenvalue weighted by Gasteiger charge is -2.27. The van der Waals surface area contributed by atoms with E-state index in [1.807, 2.05) is 19.1 Å².